The fourth-order valence-electron chi connectivity index (χ4n) is 1.61. The van der Waals surface area contributed by atoms with Crippen LogP contribution in [0.15, 0.2) is 4.99 Å². The van der Waals surface area contributed by atoms with E-state index in [9.17, 15) is 0 Å². The molecule has 0 spiro atoms. The van der Waals surface area contributed by atoms with Gasteiger partial charge in [-0.2, -0.15) is 0 Å². The molecule has 0 saturated carbocycles. The minimum atomic E-state index is 0.457. The molecule has 0 aliphatic carbocycles. The normalized spacial score (nSPS) is 38.4. The van der Waals surface area contributed by atoms with Gasteiger partial charge in [-0.05, 0) is 6.42 Å². The minimum Gasteiger partial charge on any atom is -0.339 e. The van der Waals surface area contributed by atoms with Crippen molar-refractivity contribution in [1.82, 2.24) is 4.90 Å². The topological polar surface area (TPSA) is 15.6 Å². The molecule has 50 valence electrons. The number of hydrogen-bond donors (Lipinski definition) is 0. The lowest BCUT2D eigenvalue weighted by molar-refractivity contribution is 0.156. The van der Waals surface area contributed by atoms with E-state index >= 15 is 0 Å². The third kappa shape index (κ3) is 0.443. The van der Waals surface area contributed by atoms with Crippen LogP contribution in [0, 0.1) is 5.41 Å². The molecule has 9 heavy (non-hydrogen) atoms. The number of nitrogens with zero attached hydrogens (tertiary/aromatic N) is 2. The van der Waals surface area contributed by atoms with Gasteiger partial charge in [-0.1, -0.05) is 13.8 Å². The SMILES string of the molecule is CCC1(C)CN2CN=C21. The smallest absolute Gasteiger partial charge is 0.113 e. The van der Waals surface area contributed by atoms with Gasteiger partial charge in [-0.25, -0.2) is 0 Å². The van der Waals surface area contributed by atoms with Crippen LogP contribution in [0.3, 0.4) is 0 Å². The van der Waals surface area contributed by atoms with Crippen LogP contribution in [-0.4, -0.2) is 23.9 Å². The molecule has 1 fully saturated rings. The lowest BCUT2D eigenvalue weighted by atomic mass is 9.76. The molecule has 0 radical (unpaired) electrons. The molecule has 2 nitrogen and oxygen atoms in total. The number of amidine groups is 1. The summed E-state index contributed by atoms with van der Waals surface area (Å²) in [5.74, 6) is 1.35. The minimum absolute atomic E-state index is 0.457. The summed E-state index contributed by atoms with van der Waals surface area (Å²) >= 11 is 0. The van der Waals surface area contributed by atoms with Gasteiger partial charge in [0.2, 0.25) is 0 Å². The quantitative estimate of drug-likeness (QED) is 0.511. The highest BCUT2D eigenvalue weighted by molar-refractivity contribution is 5.96. The van der Waals surface area contributed by atoms with Gasteiger partial charge in [0.05, 0.1) is 0 Å². The van der Waals surface area contributed by atoms with E-state index in [1.807, 2.05) is 0 Å². The van der Waals surface area contributed by atoms with E-state index in [0.29, 0.717) is 5.41 Å². The fourth-order valence-corrected chi connectivity index (χ4v) is 1.61. The number of fused-ring (bicyclic) bond motifs is 1. The first-order chi connectivity index (χ1) is 4.26. The van der Waals surface area contributed by atoms with Gasteiger partial charge in [0.1, 0.15) is 12.5 Å². The maximum Gasteiger partial charge on any atom is 0.113 e. The lowest BCUT2D eigenvalue weighted by Crippen LogP contribution is -2.64. The second kappa shape index (κ2) is 1.31. The predicted molar refractivity (Wildman–Crippen MR) is 37.4 cm³/mol. The summed E-state index contributed by atoms with van der Waals surface area (Å²) in [6.07, 6.45) is 1.24. The van der Waals surface area contributed by atoms with E-state index in [-0.39, 0.29) is 0 Å². The molecule has 0 aromatic heterocycles. The molecule has 2 heterocycles. The Kier molecular flexibility index (Phi) is 0.765. The van der Waals surface area contributed by atoms with Crippen LogP contribution in [0.4, 0.5) is 0 Å². The standard InChI is InChI=1S/C7H12N2/c1-3-7(2)4-9-5-8-6(7)9/h3-5H2,1-2H3. The molecule has 0 aromatic rings. The van der Waals surface area contributed by atoms with Crippen molar-refractivity contribution < 1.29 is 0 Å². The number of hydrogen-bond acceptors (Lipinski definition) is 2. The second-order valence-corrected chi connectivity index (χ2v) is 3.24. The molecular weight excluding hydrogens is 112 g/mol. The molecule has 1 saturated heterocycles. The van der Waals surface area contributed by atoms with Crippen LogP contribution in [0.25, 0.3) is 0 Å². The Labute approximate surface area is 55.6 Å². The Morgan fingerprint density at radius 1 is 1.78 bits per heavy atom. The molecule has 0 N–H and O–H groups in total. The van der Waals surface area contributed by atoms with Crippen LogP contribution < -0.4 is 0 Å². The zero-order valence-electron chi connectivity index (χ0n) is 6.02. The van der Waals surface area contributed by atoms with E-state index in [1.54, 1.807) is 0 Å². The second-order valence-electron chi connectivity index (χ2n) is 3.24. The van der Waals surface area contributed by atoms with Crippen molar-refractivity contribution in [2.45, 2.75) is 20.3 Å². The lowest BCUT2D eigenvalue weighted by Gasteiger charge is -2.54. The van der Waals surface area contributed by atoms with Crippen molar-refractivity contribution in [2.24, 2.45) is 10.4 Å². The van der Waals surface area contributed by atoms with Gasteiger partial charge in [0.15, 0.2) is 0 Å². The highest BCUT2D eigenvalue weighted by Crippen LogP contribution is 2.39. The summed E-state index contributed by atoms with van der Waals surface area (Å²) < 4.78 is 0. The average Bonchev–Trinajstić information content (AvgIpc) is 1.82. The Morgan fingerprint density at radius 3 is 2.67 bits per heavy atom. The van der Waals surface area contributed by atoms with Crippen molar-refractivity contribution in [2.75, 3.05) is 13.2 Å². The third-order valence-electron chi connectivity index (χ3n) is 2.55. The van der Waals surface area contributed by atoms with Crippen LogP contribution >= 0.6 is 0 Å². The van der Waals surface area contributed by atoms with Crippen molar-refractivity contribution in [1.29, 1.82) is 0 Å². The maximum atomic E-state index is 4.30. The summed E-state index contributed by atoms with van der Waals surface area (Å²) in [6, 6.07) is 0. The van der Waals surface area contributed by atoms with Crippen LogP contribution in [-0.2, 0) is 0 Å². The van der Waals surface area contributed by atoms with Crippen molar-refractivity contribution in [3.05, 3.63) is 0 Å². The van der Waals surface area contributed by atoms with E-state index in [1.165, 1.54) is 18.8 Å². The maximum absolute atomic E-state index is 4.30. The third-order valence-corrected chi connectivity index (χ3v) is 2.55. The Hall–Kier alpha value is -0.530. The summed E-state index contributed by atoms with van der Waals surface area (Å²) in [4.78, 5) is 6.64. The first-order valence-corrected chi connectivity index (χ1v) is 3.56. The Morgan fingerprint density at radius 2 is 2.56 bits per heavy atom. The van der Waals surface area contributed by atoms with E-state index in [0.717, 1.165) is 6.67 Å². The molecule has 2 aliphatic heterocycles. The molecule has 0 aromatic carbocycles. The van der Waals surface area contributed by atoms with Gasteiger partial charge in [-0.3, -0.25) is 4.99 Å². The van der Waals surface area contributed by atoms with Crippen molar-refractivity contribution >= 4 is 5.84 Å². The predicted octanol–water partition coefficient (Wildman–Crippen LogP) is 1.09. The summed E-state index contributed by atoms with van der Waals surface area (Å²) in [5.41, 5.74) is 0.457. The van der Waals surface area contributed by atoms with Gasteiger partial charge >= 0.3 is 0 Å². The van der Waals surface area contributed by atoms with E-state index in [2.05, 4.69) is 23.7 Å². The monoisotopic (exact) mass is 124 g/mol. The highest BCUT2D eigenvalue weighted by Gasteiger charge is 2.47. The van der Waals surface area contributed by atoms with Gasteiger partial charge in [0, 0.05) is 12.0 Å². The Bertz CT molecular complexity index is 174. The summed E-state index contributed by atoms with van der Waals surface area (Å²) in [5, 5.41) is 0. The summed E-state index contributed by atoms with van der Waals surface area (Å²) in [6.45, 7) is 6.73. The molecule has 2 aliphatic rings. The van der Waals surface area contributed by atoms with Crippen molar-refractivity contribution in [3.8, 4) is 0 Å². The van der Waals surface area contributed by atoms with Crippen LogP contribution in [0.1, 0.15) is 20.3 Å². The number of rotatable bonds is 1. The Balaban J connectivity index is 2.18. The molecule has 1 unspecified atom stereocenters. The average molecular weight is 124 g/mol. The van der Waals surface area contributed by atoms with Gasteiger partial charge in [-0.15, -0.1) is 0 Å². The highest BCUT2D eigenvalue weighted by atomic mass is 15.4. The largest absolute Gasteiger partial charge is 0.339 e. The van der Waals surface area contributed by atoms with Gasteiger partial charge in [0.25, 0.3) is 0 Å². The van der Waals surface area contributed by atoms with Crippen LogP contribution in [0.2, 0.25) is 0 Å². The molecule has 0 bridgehead atoms. The number of aliphatic imine (C=N–C) groups is 1. The zero-order valence-corrected chi connectivity index (χ0v) is 6.02. The molecule has 2 heteroatoms. The fraction of sp³-hybridized carbons (Fsp3) is 0.857. The first-order valence-electron chi connectivity index (χ1n) is 3.56. The zero-order chi connectivity index (χ0) is 6.48. The summed E-state index contributed by atoms with van der Waals surface area (Å²) in [7, 11) is 0. The van der Waals surface area contributed by atoms with E-state index < -0.39 is 0 Å². The molecule has 0 amide bonds. The van der Waals surface area contributed by atoms with Gasteiger partial charge < -0.3 is 4.90 Å². The first kappa shape index (κ1) is 5.27. The van der Waals surface area contributed by atoms with Crippen molar-refractivity contribution in [3.63, 3.8) is 0 Å². The van der Waals surface area contributed by atoms with Crippen LogP contribution in [0.5, 0.6) is 0 Å². The molecular formula is C7H12N2. The van der Waals surface area contributed by atoms with E-state index in [4.69, 9.17) is 0 Å². The molecule has 1 atom stereocenters. The molecule has 2 rings (SSSR count).